The Bertz CT molecular complexity index is 997. The highest BCUT2D eigenvalue weighted by Crippen LogP contribution is 2.68. The standard InChI is InChI=1S/C44H84N2O2Si/c1-11-13-15-17-30-46(31-18-16-14-12-2)32-29-45-41(47)24-19-34(3)38-22-23-39-37-21-20-35-33-36(48-49(9,10)42(4,5)6)25-27-43(35,7)40(37)26-28-44(38,39)8/h34-40H,11-33H2,1-10H3,(H,45,47)/t34-,35?,36-,37+,38-,39+,40+,43+,44-/m1/s1. The van der Waals surface area contributed by atoms with E-state index in [-0.39, 0.29) is 5.91 Å². The van der Waals surface area contributed by atoms with Crippen LogP contribution in [0.5, 0.6) is 0 Å². The third-order valence-corrected chi connectivity index (χ3v) is 20.4. The van der Waals surface area contributed by atoms with E-state index in [0.29, 0.717) is 34.3 Å². The third-order valence-electron chi connectivity index (χ3n) is 15.9. The van der Waals surface area contributed by atoms with Crippen LogP contribution in [0.15, 0.2) is 0 Å². The van der Waals surface area contributed by atoms with E-state index in [1.165, 1.54) is 122 Å². The molecule has 0 saturated heterocycles. The Hall–Kier alpha value is -0.393. The number of fused-ring (bicyclic) bond motifs is 5. The number of nitrogens with zero attached hydrogens (tertiary/aromatic N) is 1. The number of carbonyl (C=O) groups excluding carboxylic acids is 1. The second kappa shape index (κ2) is 18.1. The zero-order valence-corrected chi connectivity index (χ0v) is 35.6. The van der Waals surface area contributed by atoms with Gasteiger partial charge in [0.15, 0.2) is 8.32 Å². The molecule has 49 heavy (non-hydrogen) atoms. The van der Waals surface area contributed by atoms with Gasteiger partial charge < -0.3 is 14.6 Å². The molecular weight excluding hydrogens is 617 g/mol. The molecule has 0 radical (unpaired) electrons. The Morgan fingerprint density at radius 2 is 1.47 bits per heavy atom. The van der Waals surface area contributed by atoms with Gasteiger partial charge in [-0.2, -0.15) is 0 Å². The van der Waals surface area contributed by atoms with Gasteiger partial charge in [-0.05, 0) is 155 Å². The van der Waals surface area contributed by atoms with E-state index < -0.39 is 8.32 Å². The molecule has 4 rings (SSSR count). The Balaban J connectivity index is 1.24. The first-order chi connectivity index (χ1) is 23.2. The lowest BCUT2D eigenvalue weighted by Gasteiger charge is -2.61. The summed E-state index contributed by atoms with van der Waals surface area (Å²) in [4.78, 5) is 15.7. The monoisotopic (exact) mass is 701 g/mol. The number of hydrogen-bond acceptors (Lipinski definition) is 3. The van der Waals surface area contributed by atoms with Crippen LogP contribution in [0, 0.1) is 46.3 Å². The first-order valence-corrected chi connectivity index (χ1v) is 24.7. The predicted octanol–water partition coefficient (Wildman–Crippen LogP) is 12.0. The topological polar surface area (TPSA) is 41.6 Å². The molecular formula is C44H84N2O2Si. The van der Waals surface area contributed by atoms with Crippen molar-refractivity contribution < 1.29 is 9.22 Å². The molecule has 0 aromatic rings. The number of carbonyl (C=O) groups is 1. The number of amides is 1. The molecule has 4 aliphatic rings. The third kappa shape index (κ3) is 10.2. The van der Waals surface area contributed by atoms with Gasteiger partial charge >= 0.3 is 0 Å². The normalized spacial score (nSPS) is 33.9. The minimum Gasteiger partial charge on any atom is -0.414 e. The smallest absolute Gasteiger partial charge is 0.220 e. The zero-order chi connectivity index (χ0) is 35.9. The molecule has 4 aliphatic carbocycles. The van der Waals surface area contributed by atoms with Gasteiger partial charge in [-0.25, -0.2) is 0 Å². The molecule has 0 bridgehead atoms. The van der Waals surface area contributed by atoms with Crippen molar-refractivity contribution in [2.24, 2.45) is 46.3 Å². The molecule has 0 heterocycles. The Kier molecular flexibility index (Phi) is 15.3. The number of nitrogens with one attached hydrogen (secondary N) is 1. The average Bonchev–Trinajstić information content (AvgIpc) is 3.40. The summed E-state index contributed by atoms with van der Waals surface area (Å²) in [5.74, 6) is 5.29. The minimum absolute atomic E-state index is 0.284. The van der Waals surface area contributed by atoms with Gasteiger partial charge in [-0.15, -0.1) is 0 Å². The Morgan fingerprint density at radius 1 is 0.837 bits per heavy atom. The summed E-state index contributed by atoms with van der Waals surface area (Å²) < 4.78 is 7.02. The molecule has 4 nitrogen and oxygen atoms in total. The summed E-state index contributed by atoms with van der Waals surface area (Å²) in [6.07, 6.45) is 25.3. The largest absolute Gasteiger partial charge is 0.414 e. The van der Waals surface area contributed by atoms with Crippen molar-refractivity contribution in [2.75, 3.05) is 26.2 Å². The van der Waals surface area contributed by atoms with Gasteiger partial charge in [0, 0.05) is 25.6 Å². The average molecular weight is 701 g/mol. The van der Waals surface area contributed by atoms with Crippen molar-refractivity contribution in [2.45, 2.75) is 202 Å². The van der Waals surface area contributed by atoms with E-state index >= 15 is 0 Å². The van der Waals surface area contributed by atoms with Crippen molar-refractivity contribution in [1.82, 2.24) is 10.2 Å². The molecule has 0 aliphatic heterocycles. The maximum absolute atomic E-state index is 13.1. The van der Waals surface area contributed by atoms with E-state index in [1.54, 1.807) is 0 Å². The van der Waals surface area contributed by atoms with E-state index in [0.717, 1.165) is 49.1 Å². The van der Waals surface area contributed by atoms with Crippen LogP contribution in [-0.4, -0.2) is 51.4 Å². The van der Waals surface area contributed by atoms with Crippen molar-refractivity contribution in [3.05, 3.63) is 0 Å². The number of unbranched alkanes of at least 4 members (excludes halogenated alkanes) is 6. The van der Waals surface area contributed by atoms with Gasteiger partial charge in [0.1, 0.15) is 0 Å². The second-order valence-corrected chi connectivity index (χ2v) is 24.7. The molecule has 4 saturated carbocycles. The lowest BCUT2D eigenvalue weighted by Crippen LogP contribution is -2.55. The molecule has 286 valence electrons. The van der Waals surface area contributed by atoms with E-state index in [4.69, 9.17) is 4.43 Å². The summed E-state index contributed by atoms with van der Waals surface area (Å²) in [6.45, 7) is 28.7. The van der Waals surface area contributed by atoms with Crippen LogP contribution >= 0.6 is 0 Å². The van der Waals surface area contributed by atoms with Crippen LogP contribution in [0.1, 0.15) is 177 Å². The van der Waals surface area contributed by atoms with Crippen LogP contribution in [0.4, 0.5) is 0 Å². The van der Waals surface area contributed by atoms with Crippen molar-refractivity contribution in [1.29, 1.82) is 0 Å². The second-order valence-electron chi connectivity index (χ2n) is 20.0. The fraction of sp³-hybridized carbons (Fsp3) is 0.977. The zero-order valence-electron chi connectivity index (χ0n) is 34.6. The van der Waals surface area contributed by atoms with E-state index in [1.807, 2.05) is 0 Å². The summed E-state index contributed by atoms with van der Waals surface area (Å²) in [5, 5.41) is 3.62. The number of hydrogen-bond donors (Lipinski definition) is 1. The molecule has 0 aromatic carbocycles. The van der Waals surface area contributed by atoms with Gasteiger partial charge in [0.05, 0.1) is 0 Å². The molecule has 4 fully saturated rings. The molecule has 0 spiro atoms. The molecule has 9 atom stereocenters. The fourth-order valence-corrected chi connectivity index (χ4v) is 13.2. The maximum atomic E-state index is 13.1. The first kappa shape index (κ1) is 41.4. The van der Waals surface area contributed by atoms with E-state index in [9.17, 15) is 4.79 Å². The molecule has 1 N–H and O–H groups in total. The Morgan fingerprint density at radius 3 is 2.10 bits per heavy atom. The van der Waals surface area contributed by atoms with Crippen molar-refractivity contribution in [3.63, 3.8) is 0 Å². The lowest BCUT2D eigenvalue weighted by atomic mass is 9.44. The minimum atomic E-state index is -1.72. The molecule has 0 aromatic heterocycles. The summed E-state index contributed by atoms with van der Waals surface area (Å²) in [7, 11) is -1.72. The van der Waals surface area contributed by atoms with Crippen LogP contribution in [0.3, 0.4) is 0 Å². The Labute approximate surface area is 306 Å². The van der Waals surface area contributed by atoms with Crippen LogP contribution in [-0.2, 0) is 9.22 Å². The maximum Gasteiger partial charge on any atom is 0.220 e. The molecule has 5 heteroatoms. The van der Waals surface area contributed by atoms with Crippen LogP contribution in [0.2, 0.25) is 18.1 Å². The summed E-state index contributed by atoms with van der Waals surface area (Å²) in [5.41, 5.74) is 0.985. The van der Waals surface area contributed by atoms with Gasteiger partial charge in [0.2, 0.25) is 5.91 Å². The predicted molar refractivity (Wildman–Crippen MR) is 213 cm³/mol. The van der Waals surface area contributed by atoms with Crippen molar-refractivity contribution >= 4 is 14.2 Å². The highest BCUT2D eigenvalue weighted by Gasteiger charge is 2.61. The first-order valence-electron chi connectivity index (χ1n) is 21.8. The van der Waals surface area contributed by atoms with Crippen LogP contribution < -0.4 is 5.32 Å². The lowest BCUT2D eigenvalue weighted by molar-refractivity contribution is -0.128. The van der Waals surface area contributed by atoms with Gasteiger partial charge in [-0.3, -0.25) is 4.79 Å². The summed E-state index contributed by atoms with van der Waals surface area (Å²) in [6, 6.07) is 0. The quantitative estimate of drug-likeness (QED) is 0.108. The van der Waals surface area contributed by atoms with Gasteiger partial charge in [0.25, 0.3) is 0 Å². The molecule has 1 unspecified atom stereocenters. The van der Waals surface area contributed by atoms with E-state index in [2.05, 4.69) is 78.7 Å². The highest BCUT2D eigenvalue weighted by molar-refractivity contribution is 6.74. The summed E-state index contributed by atoms with van der Waals surface area (Å²) >= 11 is 0. The van der Waals surface area contributed by atoms with Gasteiger partial charge in [-0.1, -0.05) is 93.9 Å². The van der Waals surface area contributed by atoms with Crippen molar-refractivity contribution in [3.8, 4) is 0 Å². The van der Waals surface area contributed by atoms with Crippen LogP contribution in [0.25, 0.3) is 0 Å². The SMILES string of the molecule is CCCCCCN(CCCCCC)CCNC(=O)CC[C@@H](C)[C@H]1CC[C@H]2[C@@H]3CCC4C[C@H](O[Si](C)(C)C(C)(C)C)CC[C@]4(C)[C@H]3CC[C@]12C. The molecule has 1 amide bonds. The fourth-order valence-electron chi connectivity index (χ4n) is 11.8. The highest BCUT2D eigenvalue weighted by atomic mass is 28.4. The number of rotatable bonds is 19.